The summed E-state index contributed by atoms with van der Waals surface area (Å²) in [6.45, 7) is 4.33. The molecule has 1 heterocycles. The Bertz CT molecular complexity index is 573. The lowest BCUT2D eigenvalue weighted by Gasteiger charge is -2.20. The molecule has 0 bridgehead atoms. The van der Waals surface area contributed by atoms with Crippen LogP contribution >= 0.6 is 0 Å². The third-order valence-corrected chi connectivity index (χ3v) is 3.69. The highest BCUT2D eigenvalue weighted by Crippen LogP contribution is 2.41. The molecule has 0 radical (unpaired) electrons. The van der Waals surface area contributed by atoms with E-state index in [9.17, 15) is 0 Å². The molecule has 1 aromatic carbocycles. The van der Waals surface area contributed by atoms with Gasteiger partial charge in [-0.1, -0.05) is 35.8 Å². The van der Waals surface area contributed by atoms with Crippen LogP contribution in [0.1, 0.15) is 29.3 Å². The lowest BCUT2D eigenvalue weighted by atomic mass is 9.83. The van der Waals surface area contributed by atoms with Gasteiger partial charge in [0.05, 0.1) is 5.69 Å². The number of fused-ring (bicyclic) bond motifs is 1. The van der Waals surface area contributed by atoms with E-state index in [2.05, 4.69) is 37.2 Å². The highest BCUT2D eigenvalue weighted by Gasteiger charge is 2.38. The third-order valence-electron chi connectivity index (χ3n) is 3.69. The molecule has 17 heavy (non-hydrogen) atoms. The van der Waals surface area contributed by atoms with Gasteiger partial charge in [-0.3, -0.25) is 0 Å². The summed E-state index contributed by atoms with van der Waals surface area (Å²) in [7, 11) is 0. The zero-order valence-corrected chi connectivity index (χ0v) is 10.2. The first-order chi connectivity index (χ1) is 8.08. The summed E-state index contributed by atoms with van der Waals surface area (Å²) in [5, 5.41) is 4.08. The standard InChI is InChI=1S/C14H16N2O/c1-9-3-4-10-6-14(2,7-11(10)5-9)13-12(15)8-17-16-13/h3-5,8H,6-7,15H2,1-2H3. The number of anilines is 1. The maximum Gasteiger partial charge on any atom is 0.147 e. The summed E-state index contributed by atoms with van der Waals surface area (Å²) in [5.74, 6) is 0. The first kappa shape index (κ1) is 10.4. The van der Waals surface area contributed by atoms with Crippen molar-refractivity contribution in [2.75, 3.05) is 5.73 Å². The zero-order chi connectivity index (χ0) is 12.0. The Hall–Kier alpha value is -1.77. The molecule has 3 rings (SSSR count). The van der Waals surface area contributed by atoms with E-state index in [4.69, 9.17) is 10.3 Å². The number of aromatic nitrogens is 1. The van der Waals surface area contributed by atoms with E-state index >= 15 is 0 Å². The number of aryl methyl sites for hydroxylation is 1. The van der Waals surface area contributed by atoms with Gasteiger partial charge in [0.1, 0.15) is 12.0 Å². The summed E-state index contributed by atoms with van der Waals surface area (Å²) >= 11 is 0. The van der Waals surface area contributed by atoms with E-state index < -0.39 is 0 Å². The summed E-state index contributed by atoms with van der Waals surface area (Å²) in [5.41, 5.74) is 11.6. The Labute approximate surface area is 101 Å². The minimum Gasteiger partial charge on any atom is -0.395 e. The average Bonchev–Trinajstić information content (AvgIpc) is 2.81. The minimum atomic E-state index is -0.0206. The molecule has 0 saturated carbocycles. The van der Waals surface area contributed by atoms with Crippen molar-refractivity contribution < 1.29 is 4.52 Å². The Balaban J connectivity index is 2.03. The van der Waals surface area contributed by atoms with Crippen molar-refractivity contribution in [2.45, 2.75) is 32.1 Å². The first-order valence-electron chi connectivity index (χ1n) is 5.87. The summed E-state index contributed by atoms with van der Waals surface area (Å²) in [6.07, 6.45) is 3.49. The topological polar surface area (TPSA) is 52.0 Å². The molecule has 0 aliphatic heterocycles. The lowest BCUT2D eigenvalue weighted by Crippen LogP contribution is -2.24. The molecule has 1 atom stereocenters. The largest absolute Gasteiger partial charge is 0.395 e. The highest BCUT2D eigenvalue weighted by molar-refractivity contribution is 5.49. The van der Waals surface area contributed by atoms with Gasteiger partial charge in [-0.25, -0.2) is 0 Å². The predicted octanol–water partition coefficient (Wildman–Crippen LogP) is 2.62. The van der Waals surface area contributed by atoms with E-state index in [0.717, 1.165) is 18.5 Å². The fraction of sp³-hybridized carbons (Fsp3) is 0.357. The normalized spacial score (nSPS) is 22.7. The Morgan fingerprint density at radius 1 is 1.29 bits per heavy atom. The van der Waals surface area contributed by atoms with Crippen LogP contribution in [0.5, 0.6) is 0 Å². The fourth-order valence-corrected chi connectivity index (χ4v) is 2.87. The summed E-state index contributed by atoms with van der Waals surface area (Å²) in [6, 6.07) is 6.64. The van der Waals surface area contributed by atoms with Crippen LogP contribution in [0.25, 0.3) is 0 Å². The molecule has 1 aromatic heterocycles. The van der Waals surface area contributed by atoms with Gasteiger partial charge in [-0.15, -0.1) is 0 Å². The number of nitrogens with two attached hydrogens (primary N) is 1. The van der Waals surface area contributed by atoms with Crippen LogP contribution in [0, 0.1) is 6.92 Å². The van der Waals surface area contributed by atoms with Crippen molar-refractivity contribution in [3.8, 4) is 0 Å². The van der Waals surface area contributed by atoms with Gasteiger partial charge < -0.3 is 10.3 Å². The van der Waals surface area contributed by atoms with Gasteiger partial charge in [0.2, 0.25) is 0 Å². The molecule has 0 fully saturated rings. The molecule has 1 unspecified atom stereocenters. The second-order valence-corrected chi connectivity index (χ2v) is 5.30. The molecule has 0 spiro atoms. The second-order valence-electron chi connectivity index (χ2n) is 5.30. The molecule has 1 aliphatic rings. The smallest absolute Gasteiger partial charge is 0.147 e. The van der Waals surface area contributed by atoms with Crippen molar-refractivity contribution in [1.82, 2.24) is 5.16 Å². The van der Waals surface area contributed by atoms with Gasteiger partial charge in [0.25, 0.3) is 0 Å². The van der Waals surface area contributed by atoms with Gasteiger partial charge >= 0.3 is 0 Å². The zero-order valence-electron chi connectivity index (χ0n) is 10.2. The summed E-state index contributed by atoms with van der Waals surface area (Å²) in [4.78, 5) is 0. The average molecular weight is 228 g/mol. The van der Waals surface area contributed by atoms with Crippen molar-refractivity contribution in [2.24, 2.45) is 0 Å². The number of nitrogen functional groups attached to an aromatic ring is 1. The molecule has 2 aromatic rings. The van der Waals surface area contributed by atoms with Crippen LogP contribution in [0.4, 0.5) is 5.69 Å². The monoisotopic (exact) mass is 228 g/mol. The molecule has 2 N–H and O–H groups in total. The van der Waals surface area contributed by atoms with Gasteiger partial charge in [0, 0.05) is 5.41 Å². The quantitative estimate of drug-likeness (QED) is 0.816. The molecular formula is C14H16N2O. The Kier molecular flexibility index (Phi) is 2.05. The third kappa shape index (κ3) is 1.54. The molecule has 88 valence electrons. The van der Waals surface area contributed by atoms with Crippen LogP contribution < -0.4 is 5.73 Å². The maximum absolute atomic E-state index is 5.91. The van der Waals surface area contributed by atoms with E-state index in [1.807, 2.05) is 0 Å². The highest BCUT2D eigenvalue weighted by atomic mass is 16.5. The fourth-order valence-electron chi connectivity index (χ4n) is 2.87. The summed E-state index contributed by atoms with van der Waals surface area (Å²) < 4.78 is 4.97. The minimum absolute atomic E-state index is 0.0206. The van der Waals surface area contributed by atoms with E-state index in [-0.39, 0.29) is 5.41 Å². The molecule has 3 heteroatoms. The van der Waals surface area contributed by atoms with Crippen molar-refractivity contribution >= 4 is 5.69 Å². The molecular weight excluding hydrogens is 212 g/mol. The number of hydrogen-bond acceptors (Lipinski definition) is 3. The number of benzene rings is 1. The van der Waals surface area contributed by atoms with Crippen molar-refractivity contribution in [3.63, 3.8) is 0 Å². The Morgan fingerprint density at radius 2 is 2.06 bits per heavy atom. The van der Waals surface area contributed by atoms with Crippen LogP contribution in [0.15, 0.2) is 29.0 Å². The van der Waals surface area contributed by atoms with Crippen LogP contribution in [-0.4, -0.2) is 5.16 Å². The molecule has 0 saturated heterocycles. The first-order valence-corrected chi connectivity index (χ1v) is 5.87. The van der Waals surface area contributed by atoms with E-state index in [1.165, 1.54) is 23.0 Å². The van der Waals surface area contributed by atoms with Gasteiger partial charge in [0.15, 0.2) is 0 Å². The molecule has 3 nitrogen and oxygen atoms in total. The van der Waals surface area contributed by atoms with Crippen LogP contribution in [0.2, 0.25) is 0 Å². The van der Waals surface area contributed by atoms with Crippen molar-refractivity contribution in [1.29, 1.82) is 0 Å². The predicted molar refractivity (Wildman–Crippen MR) is 66.9 cm³/mol. The SMILES string of the molecule is Cc1ccc2c(c1)CC(C)(c1nocc1N)C2. The molecule has 1 aliphatic carbocycles. The van der Waals surface area contributed by atoms with Crippen molar-refractivity contribution in [3.05, 3.63) is 46.8 Å². The number of hydrogen-bond donors (Lipinski definition) is 1. The van der Waals surface area contributed by atoms with E-state index in [1.54, 1.807) is 0 Å². The molecule has 0 amide bonds. The van der Waals surface area contributed by atoms with Crippen LogP contribution in [0.3, 0.4) is 0 Å². The number of rotatable bonds is 1. The maximum atomic E-state index is 5.91. The van der Waals surface area contributed by atoms with E-state index in [0.29, 0.717) is 5.69 Å². The Morgan fingerprint density at radius 3 is 2.76 bits per heavy atom. The number of nitrogens with zero attached hydrogens (tertiary/aromatic N) is 1. The van der Waals surface area contributed by atoms with Gasteiger partial charge in [-0.2, -0.15) is 0 Å². The van der Waals surface area contributed by atoms with Gasteiger partial charge in [-0.05, 0) is 30.9 Å². The lowest BCUT2D eigenvalue weighted by molar-refractivity contribution is 0.379. The van der Waals surface area contributed by atoms with Crippen LogP contribution in [-0.2, 0) is 18.3 Å². The second kappa shape index (κ2) is 3.36.